The smallest absolute Gasteiger partial charge is 0.330 e. The van der Waals surface area contributed by atoms with E-state index in [1.807, 2.05) is 30.3 Å². The zero-order valence-electron chi connectivity index (χ0n) is 8.82. The number of esters is 1. The molecular formula is C12H15NO2. The lowest BCUT2D eigenvalue weighted by molar-refractivity contribution is -0.157. The van der Waals surface area contributed by atoms with Crippen LogP contribution < -0.4 is 5.32 Å². The Morgan fingerprint density at radius 3 is 2.67 bits per heavy atom. The molecule has 0 spiro atoms. The van der Waals surface area contributed by atoms with E-state index in [9.17, 15) is 4.79 Å². The Bertz CT molecular complexity index is 350. The minimum Gasteiger partial charge on any atom is -0.464 e. The molecule has 1 fully saturated rings. The first-order valence-corrected chi connectivity index (χ1v) is 5.21. The summed E-state index contributed by atoms with van der Waals surface area (Å²) in [7, 11) is 1.81. The number of hydrogen-bond acceptors (Lipinski definition) is 3. The maximum absolute atomic E-state index is 11.9. The van der Waals surface area contributed by atoms with Crippen LogP contribution in [0.1, 0.15) is 18.4 Å². The predicted octanol–water partition coefficient (Wildman–Crippen LogP) is 1.44. The maximum atomic E-state index is 11.9. The lowest BCUT2D eigenvalue weighted by Crippen LogP contribution is -2.51. The minimum atomic E-state index is -0.639. The Hall–Kier alpha value is -1.35. The van der Waals surface area contributed by atoms with Gasteiger partial charge >= 0.3 is 5.97 Å². The van der Waals surface area contributed by atoms with Gasteiger partial charge in [-0.2, -0.15) is 0 Å². The molecule has 15 heavy (non-hydrogen) atoms. The normalized spacial score (nSPS) is 26.1. The number of ether oxygens (including phenoxy) is 1. The summed E-state index contributed by atoms with van der Waals surface area (Å²) in [6, 6.07) is 9.75. The van der Waals surface area contributed by atoms with Gasteiger partial charge in [0.15, 0.2) is 0 Å². The zero-order chi connectivity index (χ0) is 10.7. The van der Waals surface area contributed by atoms with Crippen LogP contribution in [0.4, 0.5) is 0 Å². The van der Waals surface area contributed by atoms with Gasteiger partial charge < -0.3 is 10.1 Å². The van der Waals surface area contributed by atoms with Crippen molar-refractivity contribution < 1.29 is 9.53 Å². The van der Waals surface area contributed by atoms with E-state index >= 15 is 0 Å². The second kappa shape index (κ2) is 4.03. The fraction of sp³-hybridized carbons (Fsp3) is 0.417. The summed E-state index contributed by atoms with van der Waals surface area (Å²) >= 11 is 0. The molecule has 1 heterocycles. The van der Waals surface area contributed by atoms with Gasteiger partial charge in [-0.1, -0.05) is 30.3 Å². The molecule has 1 aliphatic rings. The fourth-order valence-corrected chi connectivity index (χ4v) is 2.08. The van der Waals surface area contributed by atoms with Gasteiger partial charge in [-0.15, -0.1) is 0 Å². The van der Waals surface area contributed by atoms with Gasteiger partial charge in [-0.3, -0.25) is 0 Å². The van der Waals surface area contributed by atoms with Crippen molar-refractivity contribution in [1.82, 2.24) is 5.32 Å². The number of likely N-dealkylation sites (N-methyl/N-ethyl adjacent to an activating group) is 1. The molecule has 0 radical (unpaired) electrons. The topological polar surface area (TPSA) is 38.3 Å². The van der Waals surface area contributed by atoms with Crippen molar-refractivity contribution in [1.29, 1.82) is 0 Å². The number of rotatable bonds is 2. The highest BCUT2D eigenvalue weighted by atomic mass is 16.5. The standard InChI is InChI=1S/C12H15NO2/c1-13-12(8-5-9-15-11(12)14)10-6-3-2-4-7-10/h2-4,6-7,13H,5,8-9H2,1H3/t12-/m0/s1. The average molecular weight is 205 g/mol. The van der Waals surface area contributed by atoms with Crippen molar-refractivity contribution in [3.8, 4) is 0 Å². The van der Waals surface area contributed by atoms with Crippen LogP contribution in [0.15, 0.2) is 30.3 Å². The van der Waals surface area contributed by atoms with Crippen molar-refractivity contribution in [2.45, 2.75) is 18.4 Å². The quantitative estimate of drug-likeness (QED) is 0.742. The highest BCUT2D eigenvalue weighted by molar-refractivity contribution is 5.83. The third-order valence-corrected chi connectivity index (χ3v) is 2.97. The summed E-state index contributed by atoms with van der Waals surface area (Å²) in [4.78, 5) is 11.9. The Labute approximate surface area is 89.4 Å². The number of carbonyl (C=O) groups excluding carboxylic acids is 1. The molecule has 0 aliphatic carbocycles. The molecule has 0 amide bonds. The van der Waals surface area contributed by atoms with Crippen LogP contribution in [0, 0.1) is 0 Å². The van der Waals surface area contributed by atoms with E-state index < -0.39 is 5.54 Å². The summed E-state index contributed by atoms with van der Waals surface area (Å²) in [5, 5.41) is 3.11. The van der Waals surface area contributed by atoms with Gasteiger partial charge in [0, 0.05) is 0 Å². The predicted molar refractivity (Wildman–Crippen MR) is 57.4 cm³/mol. The molecule has 2 rings (SSSR count). The van der Waals surface area contributed by atoms with Gasteiger partial charge in [-0.25, -0.2) is 4.79 Å². The van der Waals surface area contributed by atoms with Gasteiger partial charge in [0.2, 0.25) is 0 Å². The van der Waals surface area contributed by atoms with Gasteiger partial charge in [0.25, 0.3) is 0 Å². The van der Waals surface area contributed by atoms with Crippen molar-refractivity contribution in [2.75, 3.05) is 13.7 Å². The first-order valence-electron chi connectivity index (χ1n) is 5.21. The molecule has 1 saturated heterocycles. The number of hydrogen-bond donors (Lipinski definition) is 1. The van der Waals surface area contributed by atoms with E-state index in [0.717, 1.165) is 18.4 Å². The SMILES string of the molecule is CN[C@]1(c2ccccc2)CCCOC1=O. The largest absolute Gasteiger partial charge is 0.464 e. The lowest BCUT2D eigenvalue weighted by Gasteiger charge is -2.35. The number of cyclic esters (lactones) is 1. The lowest BCUT2D eigenvalue weighted by atomic mass is 9.84. The molecular weight excluding hydrogens is 190 g/mol. The third kappa shape index (κ3) is 1.63. The Kier molecular flexibility index (Phi) is 2.73. The zero-order valence-corrected chi connectivity index (χ0v) is 8.82. The number of benzene rings is 1. The Morgan fingerprint density at radius 2 is 2.07 bits per heavy atom. The van der Waals surface area contributed by atoms with E-state index in [-0.39, 0.29) is 5.97 Å². The molecule has 0 saturated carbocycles. The molecule has 1 aliphatic heterocycles. The summed E-state index contributed by atoms with van der Waals surface area (Å²) < 4.78 is 5.14. The highest BCUT2D eigenvalue weighted by Gasteiger charge is 2.42. The highest BCUT2D eigenvalue weighted by Crippen LogP contribution is 2.30. The van der Waals surface area contributed by atoms with Crippen molar-refractivity contribution in [3.05, 3.63) is 35.9 Å². The second-order valence-electron chi connectivity index (χ2n) is 3.76. The molecule has 0 unspecified atom stereocenters. The second-order valence-corrected chi connectivity index (χ2v) is 3.76. The van der Waals surface area contributed by atoms with Crippen LogP contribution in [0.25, 0.3) is 0 Å². The summed E-state index contributed by atoms with van der Waals surface area (Å²) in [6.07, 6.45) is 1.70. The van der Waals surface area contributed by atoms with E-state index in [0.29, 0.717) is 6.61 Å². The molecule has 80 valence electrons. The molecule has 1 aromatic carbocycles. The minimum absolute atomic E-state index is 0.164. The van der Waals surface area contributed by atoms with Crippen LogP contribution >= 0.6 is 0 Å². The van der Waals surface area contributed by atoms with Crippen LogP contribution in [-0.4, -0.2) is 19.6 Å². The fourth-order valence-electron chi connectivity index (χ4n) is 2.08. The molecule has 1 aromatic rings. The van der Waals surface area contributed by atoms with Crippen LogP contribution in [0.3, 0.4) is 0 Å². The van der Waals surface area contributed by atoms with Crippen molar-refractivity contribution >= 4 is 5.97 Å². The Balaban J connectivity index is 2.40. The number of nitrogens with one attached hydrogen (secondary N) is 1. The van der Waals surface area contributed by atoms with Gasteiger partial charge in [0.1, 0.15) is 5.54 Å². The summed E-state index contributed by atoms with van der Waals surface area (Å²) in [5.41, 5.74) is 0.344. The Morgan fingerprint density at radius 1 is 1.33 bits per heavy atom. The van der Waals surface area contributed by atoms with Crippen molar-refractivity contribution in [2.24, 2.45) is 0 Å². The van der Waals surface area contributed by atoms with Crippen LogP contribution in [-0.2, 0) is 15.1 Å². The monoisotopic (exact) mass is 205 g/mol. The maximum Gasteiger partial charge on any atom is 0.330 e. The molecule has 3 nitrogen and oxygen atoms in total. The van der Waals surface area contributed by atoms with Crippen LogP contribution in [0.2, 0.25) is 0 Å². The van der Waals surface area contributed by atoms with Gasteiger partial charge in [-0.05, 0) is 25.5 Å². The molecule has 1 atom stereocenters. The van der Waals surface area contributed by atoms with E-state index in [1.165, 1.54) is 0 Å². The van der Waals surface area contributed by atoms with Gasteiger partial charge in [0.05, 0.1) is 6.61 Å². The van der Waals surface area contributed by atoms with E-state index in [1.54, 1.807) is 7.05 Å². The van der Waals surface area contributed by atoms with E-state index in [4.69, 9.17) is 4.74 Å². The third-order valence-electron chi connectivity index (χ3n) is 2.97. The first-order chi connectivity index (χ1) is 7.29. The van der Waals surface area contributed by atoms with Crippen LogP contribution in [0.5, 0.6) is 0 Å². The summed E-state index contributed by atoms with van der Waals surface area (Å²) in [5.74, 6) is -0.164. The summed E-state index contributed by atoms with van der Waals surface area (Å²) in [6.45, 7) is 0.537. The molecule has 3 heteroatoms. The molecule has 0 bridgehead atoms. The number of carbonyl (C=O) groups is 1. The van der Waals surface area contributed by atoms with Crippen molar-refractivity contribution in [3.63, 3.8) is 0 Å². The average Bonchev–Trinajstić information content (AvgIpc) is 2.31. The van der Waals surface area contributed by atoms with E-state index in [2.05, 4.69) is 5.32 Å². The molecule has 0 aromatic heterocycles. The molecule has 1 N–H and O–H groups in total. The first kappa shape index (κ1) is 10.2.